The van der Waals surface area contributed by atoms with Gasteiger partial charge in [-0.05, 0) is 37.8 Å². The molecule has 0 aromatic heterocycles. The van der Waals surface area contributed by atoms with Gasteiger partial charge in [0, 0.05) is 19.6 Å². The first kappa shape index (κ1) is 15.4. The van der Waals surface area contributed by atoms with Crippen molar-refractivity contribution >= 4 is 12.0 Å². The van der Waals surface area contributed by atoms with Gasteiger partial charge < -0.3 is 15.3 Å². The summed E-state index contributed by atoms with van der Waals surface area (Å²) in [6.07, 6.45) is 1.68. The van der Waals surface area contributed by atoms with Gasteiger partial charge in [-0.15, -0.1) is 0 Å². The largest absolute Gasteiger partial charge is 0.481 e. The maximum atomic E-state index is 12.2. The summed E-state index contributed by atoms with van der Waals surface area (Å²) >= 11 is 0. The second-order valence-corrected chi connectivity index (χ2v) is 6.10. The maximum Gasteiger partial charge on any atom is 0.317 e. The Bertz CT molecular complexity index is 513. The molecule has 5 heteroatoms. The molecule has 1 aromatic rings. The summed E-state index contributed by atoms with van der Waals surface area (Å²) in [6.45, 7) is 4.67. The number of hydrogen-bond donors (Lipinski definition) is 2. The number of nitrogens with zero attached hydrogens (tertiary/aromatic N) is 1. The molecule has 0 saturated heterocycles. The number of benzene rings is 1. The van der Waals surface area contributed by atoms with Gasteiger partial charge in [-0.25, -0.2) is 4.79 Å². The zero-order valence-electron chi connectivity index (χ0n) is 12.6. The minimum atomic E-state index is -0.954. The monoisotopic (exact) mass is 290 g/mol. The van der Waals surface area contributed by atoms with Gasteiger partial charge in [0.05, 0.1) is 5.41 Å². The lowest BCUT2D eigenvalue weighted by molar-refractivity contribution is -0.146. The molecular formula is C16H22N2O3. The Hall–Kier alpha value is -2.04. The average molecular weight is 290 g/mol. The molecule has 0 bridgehead atoms. The van der Waals surface area contributed by atoms with Crippen molar-refractivity contribution in [3.63, 3.8) is 0 Å². The molecule has 114 valence electrons. The van der Waals surface area contributed by atoms with Crippen LogP contribution in [-0.4, -0.2) is 41.6 Å². The number of rotatable bonds is 3. The molecule has 0 aliphatic carbocycles. The number of carbonyl (C=O) groups excluding carboxylic acids is 1. The zero-order valence-corrected chi connectivity index (χ0v) is 12.6. The quantitative estimate of drug-likeness (QED) is 0.893. The minimum Gasteiger partial charge on any atom is -0.481 e. The van der Waals surface area contributed by atoms with E-state index >= 15 is 0 Å². The predicted molar refractivity (Wildman–Crippen MR) is 80.2 cm³/mol. The van der Waals surface area contributed by atoms with Gasteiger partial charge >= 0.3 is 12.0 Å². The first-order chi connectivity index (χ1) is 9.90. The maximum absolute atomic E-state index is 12.2. The van der Waals surface area contributed by atoms with E-state index in [1.807, 2.05) is 12.1 Å². The van der Waals surface area contributed by atoms with E-state index in [1.54, 1.807) is 18.7 Å². The van der Waals surface area contributed by atoms with E-state index in [0.717, 1.165) is 12.8 Å². The van der Waals surface area contributed by atoms with E-state index < -0.39 is 11.4 Å². The van der Waals surface area contributed by atoms with Crippen LogP contribution in [0.25, 0.3) is 0 Å². The Labute approximate surface area is 125 Å². The van der Waals surface area contributed by atoms with Crippen LogP contribution in [0.3, 0.4) is 0 Å². The molecule has 1 aliphatic rings. The fraction of sp³-hybridized carbons (Fsp3) is 0.500. The van der Waals surface area contributed by atoms with Crippen LogP contribution in [0, 0.1) is 5.41 Å². The summed E-state index contributed by atoms with van der Waals surface area (Å²) in [5, 5.41) is 11.8. The van der Waals surface area contributed by atoms with Gasteiger partial charge in [0.15, 0.2) is 0 Å². The van der Waals surface area contributed by atoms with E-state index in [1.165, 1.54) is 11.1 Å². The fourth-order valence-electron chi connectivity index (χ4n) is 2.35. The highest BCUT2D eigenvalue weighted by molar-refractivity contribution is 5.77. The summed E-state index contributed by atoms with van der Waals surface area (Å²) < 4.78 is 0. The molecule has 2 rings (SSSR count). The predicted octanol–water partition coefficient (Wildman–Crippen LogP) is 1.91. The number of fused-ring (bicyclic) bond motifs is 1. The third-order valence-electron chi connectivity index (χ3n) is 3.97. The molecule has 1 heterocycles. The topological polar surface area (TPSA) is 69.6 Å². The van der Waals surface area contributed by atoms with Crippen molar-refractivity contribution < 1.29 is 14.7 Å². The Balaban J connectivity index is 1.92. The Kier molecular flexibility index (Phi) is 4.50. The molecule has 0 saturated carbocycles. The van der Waals surface area contributed by atoms with Gasteiger partial charge in [0.25, 0.3) is 0 Å². The zero-order chi connectivity index (χ0) is 15.5. The second-order valence-electron chi connectivity index (χ2n) is 6.10. The first-order valence-corrected chi connectivity index (χ1v) is 7.23. The van der Waals surface area contributed by atoms with E-state index in [0.29, 0.717) is 13.1 Å². The summed E-state index contributed by atoms with van der Waals surface area (Å²) in [7, 11) is 0. The van der Waals surface area contributed by atoms with E-state index in [9.17, 15) is 9.59 Å². The van der Waals surface area contributed by atoms with Crippen LogP contribution in [-0.2, 0) is 17.6 Å². The van der Waals surface area contributed by atoms with Crippen molar-refractivity contribution in [2.45, 2.75) is 26.7 Å². The Morgan fingerprint density at radius 3 is 2.19 bits per heavy atom. The molecular weight excluding hydrogens is 268 g/mol. The molecule has 0 fully saturated rings. The smallest absolute Gasteiger partial charge is 0.317 e. The Morgan fingerprint density at radius 2 is 1.71 bits per heavy atom. The first-order valence-electron chi connectivity index (χ1n) is 7.23. The molecule has 2 amide bonds. The molecule has 0 atom stereocenters. The lowest BCUT2D eigenvalue weighted by Gasteiger charge is -2.24. The number of urea groups is 1. The molecule has 0 unspecified atom stereocenters. The Morgan fingerprint density at radius 1 is 1.19 bits per heavy atom. The molecule has 0 spiro atoms. The molecule has 0 radical (unpaired) electrons. The van der Waals surface area contributed by atoms with Crippen molar-refractivity contribution in [3.8, 4) is 0 Å². The molecule has 2 N–H and O–H groups in total. The normalized spacial score (nSPS) is 15.0. The summed E-state index contributed by atoms with van der Waals surface area (Å²) in [5.41, 5.74) is 1.63. The van der Waals surface area contributed by atoms with E-state index in [-0.39, 0.29) is 12.6 Å². The van der Waals surface area contributed by atoms with Crippen molar-refractivity contribution in [3.05, 3.63) is 35.4 Å². The number of hydrogen-bond acceptors (Lipinski definition) is 2. The fourth-order valence-corrected chi connectivity index (χ4v) is 2.35. The van der Waals surface area contributed by atoms with Gasteiger partial charge in [-0.2, -0.15) is 0 Å². The number of aliphatic carboxylic acids is 1. The molecule has 1 aliphatic heterocycles. The molecule has 5 nitrogen and oxygen atoms in total. The van der Waals surface area contributed by atoms with Gasteiger partial charge in [-0.1, -0.05) is 24.3 Å². The van der Waals surface area contributed by atoms with Gasteiger partial charge in [0.1, 0.15) is 0 Å². The van der Waals surface area contributed by atoms with Gasteiger partial charge in [-0.3, -0.25) is 4.79 Å². The SMILES string of the molecule is CC(C)(CNC(=O)N1CCc2ccccc2CC1)C(=O)O. The van der Waals surface area contributed by atoms with E-state index in [4.69, 9.17) is 5.11 Å². The van der Waals surface area contributed by atoms with Crippen LogP contribution in [0.5, 0.6) is 0 Å². The highest BCUT2D eigenvalue weighted by Crippen LogP contribution is 2.16. The lowest BCUT2D eigenvalue weighted by Crippen LogP contribution is -2.46. The van der Waals surface area contributed by atoms with Crippen molar-refractivity contribution in [2.24, 2.45) is 5.41 Å². The van der Waals surface area contributed by atoms with Crippen molar-refractivity contribution in [1.82, 2.24) is 10.2 Å². The van der Waals surface area contributed by atoms with Crippen LogP contribution in [0.15, 0.2) is 24.3 Å². The third-order valence-corrected chi connectivity index (χ3v) is 3.97. The molecule has 21 heavy (non-hydrogen) atoms. The summed E-state index contributed by atoms with van der Waals surface area (Å²) in [5.74, 6) is -0.911. The van der Waals surface area contributed by atoms with Crippen molar-refractivity contribution in [1.29, 1.82) is 0 Å². The summed E-state index contributed by atoms with van der Waals surface area (Å²) in [6, 6.07) is 8.06. The standard InChI is InChI=1S/C16H22N2O3/c1-16(2,14(19)20)11-17-15(21)18-9-7-12-5-3-4-6-13(12)8-10-18/h3-6H,7-11H2,1-2H3,(H,17,21)(H,19,20). The number of carbonyl (C=O) groups is 2. The van der Waals surface area contributed by atoms with Crippen LogP contribution in [0.4, 0.5) is 4.79 Å². The van der Waals surface area contributed by atoms with Crippen LogP contribution >= 0.6 is 0 Å². The third kappa shape index (κ3) is 3.74. The summed E-state index contributed by atoms with van der Waals surface area (Å²) in [4.78, 5) is 25.0. The number of carboxylic acids is 1. The molecule has 1 aromatic carbocycles. The van der Waals surface area contributed by atoms with Gasteiger partial charge in [0.2, 0.25) is 0 Å². The highest BCUT2D eigenvalue weighted by Gasteiger charge is 2.28. The second kappa shape index (κ2) is 6.16. The van der Waals surface area contributed by atoms with Crippen LogP contribution in [0.1, 0.15) is 25.0 Å². The van der Waals surface area contributed by atoms with E-state index in [2.05, 4.69) is 17.4 Å². The van der Waals surface area contributed by atoms with Crippen LogP contribution in [0.2, 0.25) is 0 Å². The number of nitrogens with one attached hydrogen (secondary N) is 1. The number of carboxylic acid groups (broad SMARTS) is 1. The average Bonchev–Trinajstić information content (AvgIpc) is 2.67. The lowest BCUT2D eigenvalue weighted by atomic mass is 9.94. The highest BCUT2D eigenvalue weighted by atomic mass is 16.4. The number of amides is 2. The van der Waals surface area contributed by atoms with Crippen molar-refractivity contribution in [2.75, 3.05) is 19.6 Å². The van der Waals surface area contributed by atoms with Crippen LogP contribution < -0.4 is 5.32 Å². The minimum absolute atomic E-state index is 0.130.